The van der Waals surface area contributed by atoms with Gasteiger partial charge in [0.2, 0.25) is 0 Å². The molecule has 1 heterocycles. The Bertz CT molecular complexity index is 1070. The van der Waals surface area contributed by atoms with Crippen LogP contribution in [0.2, 0.25) is 0 Å². The average molecular weight is 448 g/mol. The molecular weight excluding hydrogens is 418 g/mol. The third-order valence-corrected chi connectivity index (χ3v) is 5.85. The van der Waals surface area contributed by atoms with Crippen LogP contribution in [0.15, 0.2) is 77.1 Å². The number of Topliss-reactive ketones (excluding diaryl/α,β-unsaturated/α-hetero) is 1. The summed E-state index contributed by atoms with van der Waals surface area (Å²) in [6.07, 6.45) is 2.09. The molecule has 4 rings (SSSR count). The molecule has 1 aliphatic heterocycles. The van der Waals surface area contributed by atoms with E-state index >= 15 is 0 Å². The average Bonchev–Trinajstić information content (AvgIpc) is 2.82. The molecular formula is C27H29NO5. The highest BCUT2D eigenvalue weighted by atomic mass is 16.6. The number of allylic oxidation sites excluding steroid dienone is 3. The number of hydrogen-bond acceptors (Lipinski definition) is 6. The fourth-order valence-corrected chi connectivity index (χ4v) is 4.40. The van der Waals surface area contributed by atoms with Crippen molar-refractivity contribution < 1.29 is 23.8 Å². The molecule has 0 spiro atoms. The van der Waals surface area contributed by atoms with E-state index in [1.54, 1.807) is 0 Å². The van der Waals surface area contributed by atoms with Crippen LogP contribution in [0.3, 0.4) is 0 Å². The van der Waals surface area contributed by atoms with Gasteiger partial charge in [0.15, 0.2) is 5.78 Å². The summed E-state index contributed by atoms with van der Waals surface area (Å²) in [6.45, 7) is 4.72. The molecule has 33 heavy (non-hydrogen) atoms. The van der Waals surface area contributed by atoms with Crippen molar-refractivity contribution in [2.75, 3.05) is 19.8 Å². The molecule has 0 aromatic heterocycles. The van der Waals surface area contributed by atoms with Crippen molar-refractivity contribution >= 4 is 11.8 Å². The van der Waals surface area contributed by atoms with Crippen LogP contribution in [-0.2, 0) is 14.3 Å². The predicted octanol–water partition coefficient (Wildman–Crippen LogP) is 4.68. The van der Waals surface area contributed by atoms with E-state index in [9.17, 15) is 9.59 Å². The van der Waals surface area contributed by atoms with E-state index in [1.165, 1.54) is 0 Å². The maximum absolute atomic E-state index is 13.2. The molecule has 0 fully saturated rings. The molecule has 1 aliphatic carbocycles. The van der Waals surface area contributed by atoms with Crippen molar-refractivity contribution in [3.63, 3.8) is 0 Å². The van der Waals surface area contributed by atoms with Crippen molar-refractivity contribution in [1.82, 2.24) is 5.32 Å². The largest absolute Gasteiger partial charge is 0.494 e. The molecule has 2 aliphatic rings. The van der Waals surface area contributed by atoms with Gasteiger partial charge in [0, 0.05) is 29.3 Å². The first kappa shape index (κ1) is 22.6. The monoisotopic (exact) mass is 447 g/mol. The highest BCUT2D eigenvalue weighted by Crippen LogP contribution is 2.42. The van der Waals surface area contributed by atoms with E-state index in [4.69, 9.17) is 14.2 Å². The fraction of sp³-hybridized carbons (Fsp3) is 0.333. The maximum atomic E-state index is 13.2. The number of carbonyl (C=O) groups is 2. The second-order valence-corrected chi connectivity index (χ2v) is 8.07. The summed E-state index contributed by atoms with van der Waals surface area (Å²) in [5.41, 5.74) is 3.63. The van der Waals surface area contributed by atoms with Crippen molar-refractivity contribution in [2.24, 2.45) is 0 Å². The number of benzene rings is 2. The van der Waals surface area contributed by atoms with Gasteiger partial charge in [-0.3, -0.25) is 4.79 Å². The Balaban J connectivity index is 1.56. The van der Waals surface area contributed by atoms with Crippen LogP contribution < -0.4 is 14.8 Å². The Kier molecular flexibility index (Phi) is 7.13. The number of esters is 1. The van der Waals surface area contributed by atoms with Gasteiger partial charge in [-0.1, -0.05) is 30.3 Å². The van der Waals surface area contributed by atoms with Gasteiger partial charge in [0.25, 0.3) is 0 Å². The summed E-state index contributed by atoms with van der Waals surface area (Å²) in [4.78, 5) is 26.2. The molecule has 0 saturated carbocycles. The van der Waals surface area contributed by atoms with Crippen molar-refractivity contribution in [3.05, 3.63) is 82.7 Å². The minimum Gasteiger partial charge on any atom is -0.494 e. The van der Waals surface area contributed by atoms with Crippen LogP contribution in [0.5, 0.6) is 11.5 Å². The number of ketones is 1. The SMILES string of the molecule is CCOc1ccc(C2C(C(=O)OCCOc3ccccc3)=C(C)NC3=C2C(=O)CCC3)cc1. The summed E-state index contributed by atoms with van der Waals surface area (Å²) < 4.78 is 16.8. The molecule has 2 aromatic rings. The summed E-state index contributed by atoms with van der Waals surface area (Å²) in [7, 11) is 0. The summed E-state index contributed by atoms with van der Waals surface area (Å²) in [5, 5.41) is 3.31. The van der Waals surface area contributed by atoms with Gasteiger partial charge in [-0.05, 0) is 56.5 Å². The molecule has 0 saturated heterocycles. The number of ether oxygens (including phenoxy) is 3. The first-order valence-electron chi connectivity index (χ1n) is 11.4. The normalized spacial score (nSPS) is 17.9. The molecule has 1 unspecified atom stereocenters. The molecule has 0 bridgehead atoms. The first-order chi connectivity index (χ1) is 16.1. The van der Waals surface area contributed by atoms with Crippen LogP contribution in [-0.4, -0.2) is 31.6 Å². The number of nitrogens with one attached hydrogen (secondary N) is 1. The highest BCUT2D eigenvalue weighted by molar-refractivity contribution is 6.03. The number of para-hydroxylation sites is 1. The number of carbonyl (C=O) groups excluding carboxylic acids is 2. The topological polar surface area (TPSA) is 73.9 Å². The van der Waals surface area contributed by atoms with Gasteiger partial charge >= 0.3 is 5.97 Å². The smallest absolute Gasteiger partial charge is 0.336 e. The lowest BCUT2D eigenvalue weighted by atomic mass is 9.75. The first-order valence-corrected chi connectivity index (χ1v) is 11.4. The number of hydrogen-bond donors (Lipinski definition) is 1. The molecule has 6 heteroatoms. The second kappa shape index (κ2) is 10.4. The van der Waals surface area contributed by atoms with E-state index in [0.717, 1.165) is 41.3 Å². The van der Waals surface area contributed by atoms with Crippen molar-refractivity contribution in [1.29, 1.82) is 0 Å². The minimum atomic E-state index is -0.465. The maximum Gasteiger partial charge on any atom is 0.336 e. The number of dihydropyridines is 1. The van der Waals surface area contributed by atoms with Crippen LogP contribution >= 0.6 is 0 Å². The van der Waals surface area contributed by atoms with Gasteiger partial charge in [-0.2, -0.15) is 0 Å². The minimum absolute atomic E-state index is 0.0767. The Labute approximate surface area is 194 Å². The molecule has 1 atom stereocenters. The second-order valence-electron chi connectivity index (χ2n) is 8.07. The quantitative estimate of drug-likeness (QED) is 0.468. The van der Waals surface area contributed by atoms with Crippen molar-refractivity contribution in [3.8, 4) is 11.5 Å². The zero-order chi connectivity index (χ0) is 23.2. The fourth-order valence-electron chi connectivity index (χ4n) is 4.40. The van der Waals surface area contributed by atoms with E-state index < -0.39 is 11.9 Å². The molecule has 1 N–H and O–H groups in total. The zero-order valence-electron chi connectivity index (χ0n) is 19.1. The Morgan fingerprint density at radius 3 is 2.42 bits per heavy atom. The van der Waals surface area contributed by atoms with Gasteiger partial charge < -0.3 is 19.5 Å². The Hall–Kier alpha value is -3.54. The summed E-state index contributed by atoms with van der Waals surface area (Å²) in [6, 6.07) is 17.0. The van der Waals surface area contributed by atoms with Gasteiger partial charge in [0.05, 0.1) is 12.2 Å². The third-order valence-electron chi connectivity index (χ3n) is 5.85. The summed E-state index contributed by atoms with van der Waals surface area (Å²) >= 11 is 0. The lowest BCUT2D eigenvalue weighted by molar-refractivity contribution is -0.140. The Morgan fingerprint density at radius 1 is 0.970 bits per heavy atom. The molecule has 2 aromatic carbocycles. The van der Waals surface area contributed by atoms with Crippen LogP contribution in [0.1, 0.15) is 44.6 Å². The Morgan fingerprint density at radius 2 is 1.70 bits per heavy atom. The van der Waals surface area contributed by atoms with Crippen LogP contribution in [0, 0.1) is 0 Å². The van der Waals surface area contributed by atoms with Crippen molar-refractivity contribution in [2.45, 2.75) is 39.0 Å². The van der Waals surface area contributed by atoms with Crippen LogP contribution in [0.25, 0.3) is 0 Å². The summed E-state index contributed by atoms with van der Waals surface area (Å²) in [5.74, 6) is 0.640. The predicted molar refractivity (Wildman–Crippen MR) is 125 cm³/mol. The highest BCUT2D eigenvalue weighted by Gasteiger charge is 2.39. The van der Waals surface area contributed by atoms with Gasteiger partial charge in [-0.25, -0.2) is 4.79 Å². The zero-order valence-corrected chi connectivity index (χ0v) is 19.1. The van der Waals surface area contributed by atoms with E-state index in [2.05, 4.69) is 5.32 Å². The molecule has 172 valence electrons. The standard InChI is InChI=1S/C27H29NO5/c1-3-31-21-14-12-19(13-15-21)25-24(18(2)28-22-10-7-11-23(29)26(22)25)27(30)33-17-16-32-20-8-5-4-6-9-20/h4-6,8-9,12-15,25,28H,3,7,10-11,16-17H2,1-2H3. The lowest BCUT2D eigenvalue weighted by Crippen LogP contribution is -2.34. The van der Waals surface area contributed by atoms with Gasteiger partial charge in [-0.15, -0.1) is 0 Å². The van der Waals surface area contributed by atoms with E-state index in [1.807, 2.05) is 68.4 Å². The molecule has 0 radical (unpaired) electrons. The van der Waals surface area contributed by atoms with Gasteiger partial charge in [0.1, 0.15) is 24.7 Å². The lowest BCUT2D eigenvalue weighted by Gasteiger charge is -2.34. The molecule has 0 amide bonds. The van der Waals surface area contributed by atoms with E-state index in [-0.39, 0.29) is 19.0 Å². The molecule has 6 nitrogen and oxygen atoms in total. The number of rotatable bonds is 8. The van der Waals surface area contributed by atoms with E-state index in [0.29, 0.717) is 24.2 Å². The third kappa shape index (κ3) is 5.11. The van der Waals surface area contributed by atoms with Crippen LogP contribution in [0.4, 0.5) is 0 Å².